The molecule has 0 N–H and O–H groups in total. The average molecular weight is 127 g/mol. The highest BCUT2D eigenvalue weighted by atomic mass is 16.5. The topological polar surface area (TPSA) is 9.23 Å². The van der Waals surface area contributed by atoms with Crippen molar-refractivity contribution in [1.82, 2.24) is 0 Å². The van der Waals surface area contributed by atoms with E-state index in [1.807, 2.05) is 6.08 Å². The van der Waals surface area contributed by atoms with Crippen LogP contribution >= 0.6 is 0 Å². The van der Waals surface area contributed by atoms with Crippen LogP contribution in [0.4, 0.5) is 0 Å². The summed E-state index contributed by atoms with van der Waals surface area (Å²) < 4.78 is 5.17. The second-order valence-electron chi connectivity index (χ2n) is 1.90. The quantitative estimate of drug-likeness (QED) is 0.392. The van der Waals surface area contributed by atoms with E-state index in [-0.39, 0.29) is 0 Å². The first-order valence-corrected chi connectivity index (χ1v) is 3.39. The summed E-state index contributed by atoms with van der Waals surface area (Å²) >= 11 is 0. The molecule has 0 heterocycles. The third-order valence-electron chi connectivity index (χ3n) is 0.986. The van der Waals surface area contributed by atoms with E-state index in [1.165, 1.54) is 0 Å². The molecule has 0 atom stereocenters. The van der Waals surface area contributed by atoms with Crippen molar-refractivity contribution in [3.05, 3.63) is 19.6 Å². The van der Waals surface area contributed by atoms with E-state index in [2.05, 4.69) is 13.5 Å². The second kappa shape index (κ2) is 7.70. The number of rotatable bonds is 6. The van der Waals surface area contributed by atoms with Gasteiger partial charge in [-0.15, -0.1) is 6.58 Å². The van der Waals surface area contributed by atoms with Gasteiger partial charge >= 0.3 is 0 Å². The molecule has 0 aliphatic carbocycles. The van der Waals surface area contributed by atoms with Gasteiger partial charge < -0.3 is 4.74 Å². The number of hydrogen-bond acceptors (Lipinski definition) is 1. The molecule has 0 aliphatic rings. The highest BCUT2D eigenvalue weighted by Gasteiger charge is 1.83. The van der Waals surface area contributed by atoms with Crippen molar-refractivity contribution in [2.75, 3.05) is 13.2 Å². The van der Waals surface area contributed by atoms with Crippen molar-refractivity contribution in [2.24, 2.45) is 0 Å². The second-order valence-corrected chi connectivity index (χ2v) is 1.90. The van der Waals surface area contributed by atoms with Crippen LogP contribution in [0, 0.1) is 6.92 Å². The summed E-state index contributed by atoms with van der Waals surface area (Å²) in [6.07, 6.45) is 4.92. The van der Waals surface area contributed by atoms with E-state index >= 15 is 0 Å². The minimum absolute atomic E-state index is 0.789. The highest BCUT2D eigenvalue weighted by Crippen LogP contribution is 1.90. The number of hydrogen-bond donors (Lipinski definition) is 0. The van der Waals surface area contributed by atoms with Gasteiger partial charge in [0.15, 0.2) is 0 Å². The molecular weight excluding hydrogens is 112 g/mol. The fourth-order valence-electron chi connectivity index (χ4n) is 0.534. The van der Waals surface area contributed by atoms with Gasteiger partial charge in [-0.1, -0.05) is 13.0 Å². The Labute approximate surface area is 57.7 Å². The van der Waals surface area contributed by atoms with E-state index in [0.29, 0.717) is 0 Å². The van der Waals surface area contributed by atoms with Gasteiger partial charge in [-0.2, -0.15) is 0 Å². The molecule has 0 unspecified atom stereocenters. The van der Waals surface area contributed by atoms with Gasteiger partial charge in [0.1, 0.15) is 0 Å². The third-order valence-corrected chi connectivity index (χ3v) is 0.986. The summed E-state index contributed by atoms with van der Waals surface area (Å²) in [5, 5.41) is 0. The lowest BCUT2D eigenvalue weighted by atomic mass is 10.3. The molecule has 53 valence electrons. The maximum atomic E-state index is 5.17. The van der Waals surface area contributed by atoms with E-state index in [0.717, 1.165) is 32.5 Å². The molecule has 1 nitrogen and oxygen atoms in total. The Kier molecular flexibility index (Phi) is 7.44. The molecular formula is C8H15O. The van der Waals surface area contributed by atoms with Gasteiger partial charge in [0.05, 0.1) is 0 Å². The van der Waals surface area contributed by atoms with Crippen molar-refractivity contribution in [3.8, 4) is 0 Å². The van der Waals surface area contributed by atoms with Gasteiger partial charge in [-0.3, -0.25) is 0 Å². The molecule has 0 aromatic rings. The molecule has 0 fully saturated rings. The molecule has 0 spiro atoms. The lowest BCUT2D eigenvalue weighted by Crippen LogP contribution is -1.94. The van der Waals surface area contributed by atoms with Crippen molar-refractivity contribution >= 4 is 0 Å². The average Bonchev–Trinajstić information content (AvgIpc) is 1.89. The monoisotopic (exact) mass is 127 g/mol. The molecule has 0 aromatic heterocycles. The van der Waals surface area contributed by atoms with Crippen molar-refractivity contribution in [1.29, 1.82) is 0 Å². The normalized spacial score (nSPS) is 9.44. The smallest absolute Gasteiger partial charge is 0.0468 e. The Morgan fingerprint density at radius 2 is 2.11 bits per heavy atom. The fraction of sp³-hybridized carbons (Fsp3) is 0.625. The molecule has 9 heavy (non-hydrogen) atoms. The summed E-state index contributed by atoms with van der Waals surface area (Å²) in [5.74, 6) is 0. The number of unbranched alkanes of at least 4 members (excludes halogenated alkanes) is 1. The van der Waals surface area contributed by atoms with Crippen LogP contribution in [0.1, 0.15) is 19.3 Å². The van der Waals surface area contributed by atoms with E-state index < -0.39 is 0 Å². The summed E-state index contributed by atoms with van der Waals surface area (Å²) in [7, 11) is 0. The van der Waals surface area contributed by atoms with Crippen LogP contribution in [-0.2, 0) is 4.74 Å². The van der Waals surface area contributed by atoms with Crippen LogP contribution in [-0.4, -0.2) is 13.2 Å². The predicted molar refractivity (Wildman–Crippen MR) is 40.2 cm³/mol. The molecule has 0 rings (SSSR count). The highest BCUT2D eigenvalue weighted by molar-refractivity contribution is 4.64. The van der Waals surface area contributed by atoms with Crippen LogP contribution in [0.15, 0.2) is 12.7 Å². The summed E-state index contributed by atoms with van der Waals surface area (Å²) in [6.45, 7) is 8.91. The van der Waals surface area contributed by atoms with Crippen molar-refractivity contribution < 1.29 is 4.74 Å². The molecule has 0 aromatic carbocycles. The first kappa shape index (κ1) is 8.70. The Bertz CT molecular complexity index is 59.6. The van der Waals surface area contributed by atoms with Crippen LogP contribution in [0.2, 0.25) is 0 Å². The van der Waals surface area contributed by atoms with Crippen molar-refractivity contribution in [2.45, 2.75) is 19.3 Å². The fourth-order valence-corrected chi connectivity index (χ4v) is 0.534. The first-order chi connectivity index (χ1) is 4.41. The molecule has 0 aliphatic heterocycles. The Morgan fingerprint density at radius 1 is 1.33 bits per heavy atom. The SMILES string of the molecule is [CH2]CCOCCCC=C. The van der Waals surface area contributed by atoms with Crippen LogP contribution in [0.5, 0.6) is 0 Å². The minimum atomic E-state index is 0.789. The maximum absolute atomic E-state index is 5.17. The van der Waals surface area contributed by atoms with Crippen LogP contribution < -0.4 is 0 Å². The summed E-state index contributed by atoms with van der Waals surface area (Å²) in [6, 6.07) is 0. The van der Waals surface area contributed by atoms with Crippen LogP contribution in [0.25, 0.3) is 0 Å². The standard InChI is InChI=1S/C8H15O/c1-3-5-6-8-9-7-4-2/h3H,1-2,4-8H2. The summed E-state index contributed by atoms with van der Waals surface area (Å²) in [5.41, 5.74) is 0. The zero-order valence-corrected chi connectivity index (χ0v) is 5.94. The van der Waals surface area contributed by atoms with Crippen LogP contribution in [0.3, 0.4) is 0 Å². The minimum Gasteiger partial charge on any atom is -0.381 e. The van der Waals surface area contributed by atoms with E-state index in [9.17, 15) is 0 Å². The Hall–Kier alpha value is -0.300. The Morgan fingerprint density at radius 3 is 2.67 bits per heavy atom. The summed E-state index contributed by atoms with van der Waals surface area (Å²) in [4.78, 5) is 0. The van der Waals surface area contributed by atoms with Gasteiger partial charge in [-0.25, -0.2) is 0 Å². The van der Waals surface area contributed by atoms with Gasteiger partial charge in [-0.05, 0) is 19.3 Å². The number of allylic oxidation sites excluding steroid dienone is 1. The molecule has 0 saturated heterocycles. The van der Waals surface area contributed by atoms with Gasteiger partial charge in [0, 0.05) is 13.2 Å². The predicted octanol–water partition coefficient (Wildman–Crippen LogP) is 2.19. The number of ether oxygens (including phenoxy) is 1. The zero-order valence-electron chi connectivity index (χ0n) is 5.94. The van der Waals surface area contributed by atoms with Gasteiger partial charge in [0.25, 0.3) is 0 Å². The Balaban J connectivity index is 2.66. The lowest BCUT2D eigenvalue weighted by Gasteiger charge is -1.98. The molecule has 1 radical (unpaired) electrons. The van der Waals surface area contributed by atoms with Gasteiger partial charge in [0.2, 0.25) is 0 Å². The first-order valence-electron chi connectivity index (χ1n) is 3.39. The molecule has 0 saturated carbocycles. The van der Waals surface area contributed by atoms with E-state index in [4.69, 9.17) is 4.74 Å². The van der Waals surface area contributed by atoms with Crippen molar-refractivity contribution in [3.63, 3.8) is 0 Å². The largest absolute Gasteiger partial charge is 0.381 e. The molecule has 1 heteroatoms. The maximum Gasteiger partial charge on any atom is 0.0468 e. The zero-order chi connectivity index (χ0) is 6.95. The third kappa shape index (κ3) is 7.70. The molecule has 0 bridgehead atoms. The van der Waals surface area contributed by atoms with E-state index in [1.54, 1.807) is 0 Å². The lowest BCUT2D eigenvalue weighted by molar-refractivity contribution is 0.136. The molecule has 0 amide bonds.